The second kappa shape index (κ2) is 6.51. The lowest BCUT2D eigenvalue weighted by Gasteiger charge is -2.40. The SMILES string of the molecule is CC(C)n1ccc(CC(O)C2CCC3CCCCC3C2)n1. The Morgan fingerprint density at radius 1 is 1.19 bits per heavy atom. The number of hydrogen-bond acceptors (Lipinski definition) is 2. The molecule has 2 aliphatic rings. The first-order valence-electron chi connectivity index (χ1n) is 8.85. The van der Waals surface area contributed by atoms with Gasteiger partial charge in [-0.15, -0.1) is 0 Å². The van der Waals surface area contributed by atoms with Crippen LogP contribution in [-0.4, -0.2) is 21.0 Å². The number of nitrogens with zero attached hydrogens (tertiary/aromatic N) is 2. The average Bonchev–Trinajstić information content (AvgIpc) is 2.95. The Hall–Kier alpha value is -0.830. The first-order valence-corrected chi connectivity index (χ1v) is 8.85. The van der Waals surface area contributed by atoms with E-state index in [2.05, 4.69) is 25.0 Å². The summed E-state index contributed by atoms with van der Waals surface area (Å²) in [4.78, 5) is 0. The van der Waals surface area contributed by atoms with Gasteiger partial charge >= 0.3 is 0 Å². The fraction of sp³-hybridized carbons (Fsp3) is 0.833. The molecule has 1 N–H and O–H groups in total. The maximum Gasteiger partial charge on any atom is 0.0650 e. The molecule has 0 amide bonds. The molecule has 118 valence electrons. The Labute approximate surface area is 128 Å². The van der Waals surface area contributed by atoms with Crippen LogP contribution in [0.4, 0.5) is 0 Å². The zero-order valence-corrected chi connectivity index (χ0v) is 13.5. The molecule has 3 nitrogen and oxygen atoms in total. The van der Waals surface area contributed by atoms with E-state index < -0.39 is 0 Å². The van der Waals surface area contributed by atoms with Crippen molar-refractivity contribution in [3.63, 3.8) is 0 Å². The summed E-state index contributed by atoms with van der Waals surface area (Å²) in [5.41, 5.74) is 1.04. The van der Waals surface area contributed by atoms with Crippen molar-refractivity contribution < 1.29 is 5.11 Å². The second-order valence-electron chi connectivity index (χ2n) is 7.53. The van der Waals surface area contributed by atoms with Gasteiger partial charge in [0.15, 0.2) is 0 Å². The minimum atomic E-state index is -0.205. The Kier molecular flexibility index (Phi) is 4.68. The first kappa shape index (κ1) is 15.1. The average molecular weight is 290 g/mol. The molecular formula is C18H30N2O. The van der Waals surface area contributed by atoms with Gasteiger partial charge in [-0.05, 0) is 56.9 Å². The number of hydrogen-bond donors (Lipinski definition) is 1. The Balaban J connectivity index is 1.56. The number of aliphatic hydroxyl groups excluding tert-OH is 1. The van der Waals surface area contributed by atoms with Crippen LogP contribution in [0, 0.1) is 17.8 Å². The van der Waals surface area contributed by atoms with Gasteiger partial charge in [0.05, 0.1) is 11.8 Å². The first-order chi connectivity index (χ1) is 10.1. The summed E-state index contributed by atoms with van der Waals surface area (Å²) in [6.45, 7) is 4.27. The molecule has 1 heterocycles. The third-order valence-corrected chi connectivity index (χ3v) is 5.74. The summed E-state index contributed by atoms with van der Waals surface area (Å²) in [6.07, 6.45) is 12.0. The van der Waals surface area contributed by atoms with Gasteiger partial charge in [0.25, 0.3) is 0 Å². The highest BCUT2D eigenvalue weighted by molar-refractivity contribution is 5.02. The summed E-state index contributed by atoms with van der Waals surface area (Å²) in [5.74, 6) is 2.34. The normalized spacial score (nSPS) is 31.1. The van der Waals surface area contributed by atoms with E-state index in [0.29, 0.717) is 12.0 Å². The molecule has 1 aromatic heterocycles. The molecular weight excluding hydrogens is 260 g/mol. The van der Waals surface area contributed by atoms with Crippen LogP contribution in [-0.2, 0) is 6.42 Å². The van der Waals surface area contributed by atoms with E-state index >= 15 is 0 Å². The lowest BCUT2D eigenvalue weighted by molar-refractivity contribution is 0.0355. The molecule has 21 heavy (non-hydrogen) atoms. The van der Waals surface area contributed by atoms with E-state index in [0.717, 1.165) is 24.0 Å². The number of aromatic nitrogens is 2. The molecule has 0 bridgehead atoms. The molecule has 0 aromatic carbocycles. The lowest BCUT2D eigenvalue weighted by Crippen LogP contribution is -2.34. The van der Waals surface area contributed by atoms with E-state index in [1.807, 2.05) is 10.9 Å². The van der Waals surface area contributed by atoms with Gasteiger partial charge in [-0.25, -0.2) is 0 Å². The van der Waals surface area contributed by atoms with Crippen molar-refractivity contribution in [3.8, 4) is 0 Å². The lowest BCUT2D eigenvalue weighted by atomic mass is 9.66. The topological polar surface area (TPSA) is 38.0 Å². The van der Waals surface area contributed by atoms with Crippen LogP contribution in [0.3, 0.4) is 0 Å². The van der Waals surface area contributed by atoms with Crippen LogP contribution in [0.1, 0.15) is 70.5 Å². The van der Waals surface area contributed by atoms with Gasteiger partial charge in [0.1, 0.15) is 0 Å². The molecule has 3 rings (SSSR count). The van der Waals surface area contributed by atoms with Crippen LogP contribution >= 0.6 is 0 Å². The summed E-state index contributed by atoms with van der Waals surface area (Å²) in [6, 6.07) is 2.46. The van der Waals surface area contributed by atoms with Gasteiger partial charge in [-0.3, -0.25) is 4.68 Å². The second-order valence-corrected chi connectivity index (χ2v) is 7.53. The van der Waals surface area contributed by atoms with Gasteiger partial charge < -0.3 is 5.11 Å². The summed E-state index contributed by atoms with van der Waals surface area (Å²) in [5, 5.41) is 15.2. The van der Waals surface area contributed by atoms with E-state index in [1.165, 1.54) is 44.9 Å². The molecule has 4 unspecified atom stereocenters. The van der Waals surface area contributed by atoms with E-state index in [4.69, 9.17) is 0 Å². The quantitative estimate of drug-likeness (QED) is 0.911. The van der Waals surface area contributed by atoms with Crippen molar-refractivity contribution in [1.29, 1.82) is 0 Å². The zero-order valence-electron chi connectivity index (χ0n) is 13.5. The van der Waals surface area contributed by atoms with Crippen molar-refractivity contribution in [2.24, 2.45) is 17.8 Å². The maximum atomic E-state index is 10.6. The van der Waals surface area contributed by atoms with Crippen LogP contribution in [0.25, 0.3) is 0 Å². The Bertz CT molecular complexity index is 454. The summed E-state index contributed by atoms with van der Waals surface area (Å²) < 4.78 is 1.99. The van der Waals surface area contributed by atoms with E-state index in [-0.39, 0.29) is 6.10 Å². The van der Waals surface area contributed by atoms with Crippen LogP contribution in [0.15, 0.2) is 12.3 Å². The van der Waals surface area contributed by atoms with E-state index in [9.17, 15) is 5.11 Å². The van der Waals surface area contributed by atoms with Gasteiger partial charge in [-0.1, -0.05) is 25.7 Å². The van der Waals surface area contributed by atoms with Crippen LogP contribution in [0.5, 0.6) is 0 Å². The van der Waals surface area contributed by atoms with Gasteiger partial charge in [0.2, 0.25) is 0 Å². The monoisotopic (exact) mass is 290 g/mol. The zero-order chi connectivity index (χ0) is 14.8. The highest BCUT2D eigenvalue weighted by Gasteiger charge is 2.34. The van der Waals surface area contributed by atoms with Crippen LogP contribution < -0.4 is 0 Å². The predicted octanol–water partition coefficient (Wildman–Crippen LogP) is 3.97. The predicted molar refractivity (Wildman–Crippen MR) is 85.1 cm³/mol. The molecule has 0 aliphatic heterocycles. The molecule has 0 radical (unpaired) electrons. The van der Waals surface area contributed by atoms with E-state index in [1.54, 1.807) is 0 Å². The smallest absolute Gasteiger partial charge is 0.0650 e. The molecule has 0 spiro atoms. The van der Waals surface area contributed by atoms with Crippen molar-refractivity contribution in [2.45, 2.75) is 77.4 Å². The Morgan fingerprint density at radius 2 is 1.95 bits per heavy atom. The van der Waals surface area contributed by atoms with Crippen molar-refractivity contribution >= 4 is 0 Å². The molecule has 2 saturated carbocycles. The largest absolute Gasteiger partial charge is 0.392 e. The number of aliphatic hydroxyl groups is 1. The highest BCUT2D eigenvalue weighted by Crippen LogP contribution is 2.43. The third-order valence-electron chi connectivity index (χ3n) is 5.74. The third kappa shape index (κ3) is 3.50. The maximum absolute atomic E-state index is 10.6. The Morgan fingerprint density at radius 3 is 2.67 bits per heavy atom. The van der Waals surface area contributed by atoms with Gasteiger partial charge in [0, 0.05) is 18.7 Å². The minimum Gasteiger partial charge on any atom is -0.392 e. The molecule has 1 aromatic rings. The standard InChI is InChI=1S/C18H30N2O/c1-13(2)20-10-9-17(19-20)12-18(21)16-8-7-14-5-3-4-6-15(14)11-16/h9-10,13-16,18,21H,3-8,11-12H2,1-2H3. The molecule has 3 heteroatoms. The molecule has 2 aliphatic carbocycles. The molecule has 0 saturated heterocycles. The highest BCUT2D eigenvalue weighted by atomic mass is 16.3. The van der Waals surface area contributed by atoms with Crippen molar-refractivity contribution in [1.82, 2.24) is 9.78 Å². The number of rotatable bonds is 4. The van der Waals surface area contributed by atoms with Crippen LogP contribution in [0.2, 0.25) is 0 Å². The summed E-state index contributed by atoms with van der Waals surface area (Å²) in [7, 11) is 0. The summed E-state index contributed by atoms with van der Waals surface area (Å²) >= 11 is 0. The fourth-order valence-electron chi connectivity index (χ4n) is 4.41. The van der Waals surface area contributed by atoms with Gasteiger partial charge in [-0.2, -0.15) is 5.10 Å². The van der Waals surface area contributed by atoms with Crippen molar-refractivity contribution in [3.05, 3.63) is 18.0 Å². The molecule has 4 atom stereocenters. The fourth-order valence-corrected chi connectivity index (χ4v) is 4.41. The molecule has 2 fully saturated rings. The number of fused-ring (bicyclic) bond motifs is 1. The van der Waals surface area contributed by atoms with Crippen molar-refractivity contribution in [2.75, 3.05) is 0 Å². The minimum absolute atomic E-state index is 0.205.